The highest BCUT2D eigenvalue weighted by molar-refractivity contribution is 6.31. The summed E-state index contributed by atoms with van der Waals surface area (Å²) in [6, 6.07) is 6.16. The van der Waals surface area contributed by atoms with Crippen LogP contribution >= 0.6 is 11.6 Å². The van der Waals surface area contributed by atoms with Crippen molar-refractivity contribution in [2.45, 2.75) is 76.6 Å². The van der Waals surface area contributed by atoms with Gasteiger partial charge in [-0.3, -0.25) is 9.36 Å². The number of fused-ring (bicyclic) bond motifs is 2. The maximum absolute atomic E-state index is 13.6. The molecule has 1 aliphatic heterocycles. The molecule has 1 aliphatic carbocycles. The van der Waals surface area contributed by atoms with E-state index >= 15 is 0 Å². The molecule has 1 saturated carbocycles. The van der Waals surface area contributed by atoms with Crippen LogP contribution in [0.2, 0.25) is 5.02 Å². The average molecular weight is 593 g/mol. The molecule has 0 amide bonds. The number of hydrogen-bond acceptors (Lipinski definition) is 6. The molecule has 8 nitrogen and oxygen atoms in total. The lowest BCUT2D eigenvalue weighted by Gasteiger charge is -2.37. The van der Waals surface area contributed by atoms with Crippen LogP contribution in [0.3, 0.4) is 0 Å². The Balaban J connectivity index is 1.47. The zero-order valence-corrected chi connectivity index (χ0v) is 23.8. The molecule has 5 rings (SSSR count). The summed E-state index contributed by atoms with van der Waals surface area (Å²) < 4.78 is 42.3. The number of alkyl halides is 3. The van der Waals surface area contributed by atoms with Crippen molar-refractivity contribution in [1.82, 2.24) is 29.9 Å². The second-order valence-electron chi connectivity index (χ2n) is 11.6. The first kappa shape index (κ1) is 29.7. The molecule has 2 aliphatic rings. The van der Waals surface area contributed by atoms with E-state index in [2.05, 4.69) is 27.5 Å². The number of hydrogen-bond donors (Lipinski definition) is 2. The highest BCUT2D eigenvalue weighted by atomic mass is 35.5. The van der Waals surface area contributed by atoms with Crippen LogP contribution in [0.25, 0.3) is 16.9 Å². The number of aliphatic hydroxyl groups is 1. The fraction of sp³-hybridized carbons (Fsp3) is 0.586. The third kappa shape index (κ3) is 7.01. The van der Waals surface area contributed by atoms with Crippen LogP contribution in [0.1, 0.15) is 70.0 Å². The molecule has 2 N–H and O–H groups in total. The summed E-state index contributed by atoms with van der Waals surface area (Å²) in [4.78, 5) is 18.3. The van der Waals surface area contributed by atoms with Crippen LogP contribution in [-0.4, -0.2) is 48.8 Å². The first-order valence-electron chi connectivity index (χ1n) is 14.3. The smallest absolute Gasteiger partial charge is 0.395 e. The highest BCUT2D eigenvalue weighted by Gasteiger charge is 2.35. The molecule has 2 unspecified atom stereocenters. The van der Waals surface area contributed by atoms with E-state index in [1.165, 1.54) is 12.1 Å². The number of rotatable bonds is 4. The molecule has 0 radical (unpaired) electrons. The molecule has 1 saturated heterocycles. The first-order chi connectivity index (χ1) is 19.6. The van der Waals surface area contributed by atoms with Gasteiger partial charge in [0.25, 0.3) is 5.56 Å². The van der Waals surface area contributed by atoms with E-state index in [-0.39, 0.29) is 29.9 Å². The fourth-order valence-electron chi connectivity index (χ4n) is 6.50. The van der Waals surface area contributed by atoms with E-state index < -0.39 is 11.9 Å². The van der Waals surface area contributed by atoms with Crippen molar-refractivity contribution < 1.29 is 18.3 Å². The molecule has 41 heavy (non-hydrogen) atoms. The second-order valence-corrected chi connectivity index (χ2v) is 12.1. The van der Waals surface area contributed by atoms with E-state index in [1.807, 2.05) is 0 Å². The Bertz CT molecular complexity index is 1390. The van der Waals surface area contributed by atoms with Crippen LogP contribution in [-0.2, 0) is 6.18 Å². The zero-order valence-electron chi connectivity index (χ0n) is 23.0. The fourth-order valence-corrected chi connectivity index (χ4v) is 6.67. The summed E-state index contributed by atoms with van der Waals surface area (Å²) in [5.74, 6) is 1.26. The minimum absolute atomic E-state index is 0.00232. The van der Waals surface area contributed by atoms with E-state index in [1.54, 1.807) is 23.0 Å². The number of nitrogens with zero attached hydrogens (tertiary/aromatic N) is 5. The number of benzene rings is 1. The van der Waals surface area contributed by atoms with E-state index in [0.717, 1.165) is 68.8 Å². The first-order valence-corrected chi connectivity index (χ1v) is 14.7. The Kier molecular flexibility index (Phi) is 9.15. The van der Waals surface area contributed by atoms with Gasteiger partial charge in [0.15, 0.2) is 5.69 Å². The van der Waals surface area contributed by atoms with Crippen LogP contribution < -0.4 is 10.9 Å². The molecule has 2 fully saturated rings. The molecule has 3 aromatic rings. The molecular formula is C29H36ClF3N6O2. The highest BCUT2D eigenvalue weighted by Crippen LogP contribution is 2.40. The van der Waals surface area contributed by atoms with Gasteiger partial charge in [-0.15, -0.1) is 5.10 Å². The quantitative estimate of drug-likeness (QED) is 0.405. The van der Waals surface area contributed by atoms with Gasteiger partial charge in [0.05, 0.1) is 30.5 Å². The lowest BCUT2D eigenvalue weighted by atomic mass is 9.74. The molecular weight excluding hydrogens is 557 g/mol. The van der Waals surface area contributed by atoms with Crippen molar-refractivity contribution in [1.29, 1.82) is 0 Å². The van der Waals surface area contributed by atoms with Gasteiger partial charge in [0.1, 0.15) is 0 Å². The molecule has 2 aromatic heterocycles. The largest absolute Gasteiger partial charge is 0.436 e. The normalized spacial score (nSPS) is 26.2. The van der Waals surface area contributed by atoms with E-state index in [4.69, 9.17) is 11.6 Å². The Morgan fingerprint density at radius 1 is 1.12 bits per heavy atom. The average Bonchev–Trinajstić information content (AvgIpc) is 3.44. The predicted molar refractivity (Wildman–Crippen MR) is 150 cm³/mol. The second kappa shape index (κ2) is 12.6. The summed E-state index contributed by atoms with van der Waals surface area (Å²) in [6.45, 7) is 3.20. The lowest BCUT2D eigenvalue weighted by molar-refractivity contribution is -0.141. The minimum Gasteiger partial charge on any atom is -0.395 e. The van der Waals surface area contributed by atoms with Gasteiger partial charge in [0.2, 0.25) is 0 Å². The summed E-state index contributed by atoms with van der Waals surface area (Å²) in [5, 5.41) is 20.7. The minimum atomic E-state index is -4.64. The van der Waals surface area contributed by atoms with Crippen molar-refractivity contribution in [2.75, 3.05) is 13.2 Å². The van der Waals surface area contributed by atoms with E-state index in [0.29, 0.717) is 34.0 Å². The summed E-state index contributed by atoms with van der Waals surface area (Å²) in [5.41, 5.74) is -0.367. The molecule has 12 heteroatoms. The van der Waals surface area contributed by atoms with Crippen molar-refractivity contribution in [3.63, 3.8) is 0 Å². The van der Waals surface area contributed by atoms with Gasteiger partial charge in [-0.2, -0.15) is 13.2 Å². The van der Waals surface area contributed by atoms with Crippen LogP contribution in [0, 0.1) is 17.8 Å². The van der Waals surface area contributed by atoms with E-state index in [9.17, 15) is 23.1 Å². The van der Waals surface area contributed by atoms with Crippen LogP contribution in [0.4, 0.5) is 13.2 Å². The molecule has 2 bridgehead atoms. The third-order valence-corrected chi connectivity index (χ3v) is 8.85. The van der Waals surface area contributed by atoms with Gasteiger partial charge in [-0.1, -0.05) is 43.0 Å². The van der Waals surface area contributed by atoms with Crippen molar-refractivity contribution >= 4 is 11.6 Å². The SMILES string of the molecule is C[C@@H]1CCC[C@H](n2cnc(-c3cc(Cl)ccc3-n3cc(C(F)(F)F)nn3)cc2=O)C2CCCC(C2)C[C@H](CO)NC1. The lowest BCUT2D eigenvalue weighted by Crippen LogP contribution is -2.39. The Labute approximate surface area is 241 Å². The topological polar surface area (TPSA) is 97.9 Å². The number of halogens is 4. The maximum Gasteiger partial charge on any atom is 0.436 e. The number of aliphatic hydroxyl groups excluding tert-OH is 1. The Morgan fingerprint density at radius 3 is 2.66 bits per heavy atom. The zero-order chi connectivity index (χ0) is 29.1. The van der Waals surface area contributed by atoms with Crippen LogP contribution in [0.5, 0.6) is 0 Å². The maximum atomic E-state index is 13.6. The van der Waals surface area contributed by atoms with Gasteiger partial charge in [0, 0.05) is 28.7 Å². The van der Waals surface area contributed by atoms with Crippen molar-refractivity contribution in [3.8, 4) is 16.9 Å². The number of aromatic nitrogens is 5. The van der Waals surface area contributed by atoms with Gasteiger partial charge >= 0.3 is 6.18 Å². The van der Waals surface area contributed by atoms with Gasteiger partial charge in [-0.05, 0) is 74.6 Å². The van der Waals surface area contributed by atoms with Gasteiger partial charge in [-0.25, -0.2) is 9.67 Å². The molecule has 0 spiro atoms. The van der Waals surface area contributed by atoms with Crippen LogP contribution in [0.15, 0.2) is 41.6 Å². The predicted octanol–water partition coefficient (Wildman–Crippen LogP) is 5.67. The Hall–Kier alpha value is -2.76. The molecule has 222 valence electrons. The molecule has 5 atom stereocenters. The van der Waals surface area contributed by atoms with Crippen molar-refractivity contribution in [2.24, 2.45) is 17.8 Å². The summed E-state index contributed by atoms with van der Waals surface area (Å²) in [7, 11) is 0. The monoisotopic (exact) mass is 592 g/mol. The molecule has 1 aromatic carbocycles. The summed E-state index contributed by atoms with van der Waals surface area (Å²) >= 11 is 6.25. The van der Waals surface area contributed by atoms with Crippen molar-refractivity contribution in [3.05, 3.63) is 57.9 Å². The standard InChI is InChI=1S/C29H36ClF3N6O2/c1-18-4-2-7-25(20-6-3-5-19(10-20)11-22(16-40)34-14-18)38-17-35-24(13-28(38)41)23-12-21(30)8-9-26(23)39-15-27(36-37-39)29(31,32)33/h8-9,12-13,15,17-20,22,25,34,40H,2-7,10-11,14,16H2,1H3/t18-,19?,20?,22-,25+/m1/s1. The summed E-state index contributed by atoms with van der Waals surface area (Å²) in [6.07, 6.45) is 5.77. The van der Waals surface area contributed by atoms with Gasteiger partial charge < -0.3 is 10.4 Å². The Morgan fingerprint density at radius 2 is 1.93 bits per heavy atom. The molecule has 3 heterocycles. The third-order valence-electron chi connectivity index (χ3n) is 8.62. The number of nitrogens with one attached hydrogen (secondary N) is 1.